The number of hydrogen-bond donors (Lipinski definition) is 0. The molecule has 0 bridgehead atoms. The SMILES string of the molecule is C(=C1CCCCC1=NOCCCN1CCOCC1)c1ccccc1. The summed E-state index contributed by atoms with van der Waals surface area (Å²) >= 11 is 0. The van der Waals surface area contributed by atoms with Crippen LogP contribution in [0.5, 0.6) is 0 Å². The van der Waals surface area contributed by atoms with Crippen LogP contribution in [0.15, 0.2) is 41.1 Å². The van der Waals surface area contributed by atoms with Gasteiger partial charge in [0.15, 0.2) is 0 Å². The maximum atomic E-state index is 5.62. The Morgan fingerprint density at radius 2 is 1.88 bits per heavy atom. The second-order valence-electron chi connectivity index (χ2n) is 6.47. The standard InChI is InChI=1S/C20H28N2O2/c1-2-7-18(8-3-1)17-19-9-4-5-10-20(19)21-24-14-6-11-22-12-15-23-16-13-22/h1-3,7-8,17H,4-6,9-16H2. The third kappa shape index (κ3) is 5.46. The zero-order valence-corrected chi connectivity index (χ0v) is 14.5. The fourth-order valence-electron chi connectivity index (χ4n) is 3.22. The molecule has 1 saturated carbocycles. The zero-order chi connectivity index (χ0) is 16.5. The normalized spacial score (nSPS) is 22.8. The maximum absolute atomic E-state index is 5.62. The molecule has 1 aliphatic heterocycles. The number of benzene rings is 1. The fourth-order valence-corrected chi connectivity index (χ4v) is 3.22. The van der Waals surface area contributed by atoms with E-state index in [-0.39, 0.29) is 0 Å². The second-order valence-corrected chi connectivity index (χ2v) is 6.47. The van der Waals surface area contributed by atoms with E-state index < -0.39 is 0 Å². The Labute approximate surface area is 145 Å². The van der Waals surface area contributed by atoms with Crippen molar-refractivity contribution in [3.05, 3.63) is 41.5 Å². The van der Waals surface area contributed by atoms with Gasteiger partial charge in [-0.2, -0.15) is 0 Å². The van der Waals surface area contributed by atoms with Crippen LogP contribution in [-0.2, 0) is 9.57 Å². The van der Waals surface area contributed by atoms with Gasteiger partial charge in [0.25, 0.3) is 0 Å². The van der Waals surface area contributed by atoms with Gasteiger partial charge in [-0.15, -0.1) is 0 Å². The van der Waals surface area contributed by atoms with Gasteiger partial charge in [0, 0.05) is 19.6 Å². The Balaban J connectivity index is 1.47. The van der Waals surface area contributed by atoms with Crippen molar-refractivity contribution in [3.8, 4) is 0 Å². The Kier molecular flexibility index (Phi) is 6.87. The van der Waals surface area contributed by atoms with Gasteiger partial charge in [-0.05, 0) is 49.3 Å². The predicted molar refractivity (Wildman–Crippen MR) is 98.2 cm³/mol. The minimum atomic E-state index is 0.694. The first-order chi connectivity index (χ1) is 11.9. The Morgan fingerprint density at radius 3 is 2.71 bits per heavy atom. The lowest BCUT2D eigenvalue weighted by Crippen LogP contribution is -2.37. The maximum Gasteiger partial charge on any atom is 0.118 e. The van der Waals surface area contributed by atoms with E-state index in [1.54, 1.807) is 0 Å². The van der Waals surface area contributed by atoms with Crippen molar-refractivity contribution in [3.63, 3.8) is 0 Å². The van der Waals surface area contributed by atoms with Crippen LogP contribution in [0.1, 0.15) is 37.7 Å². The molecule has 0 unspecified atom stereocenters. The third-order valence-electron chi connectivity index (χ3n) is 4.61. The van der Waals surface area contributed by atoms with E-state index in [0.717, 1.165) is 57.8 Å². The van der Waals surface area contributed by atoms with Gasteiger partial charge < -0.3 is 9.57 Å². The van der Waals surface area contributed by atoms with Crippen LogP contribution in [0, 0.1) is 0 Å². The Morgan fingerprint density at radius 1 is 1.08 bits per heavy atom. The van der Waals surface area contributed by atoms with Gasteiger partial charge in [0.1, 0.15) is 6.61 Å². The number of morpholine rings is 1. The fraction of sp³-hybridized carbons (Fsp3) is 0.550. The van der Waals surface area contributed by atoms with Crippen LogP contribution in [-0.4, -0.2) is 50.1 Å². The van der Waals surface area contributed by atoms with Crippen molar-refractivity contribution < 1.29 is 9.57 Å². The number of nitrogens with zero attached hydrogens (tertiary/aromatic N) is 2. The minimum Gasteiger partial charge on any atom is -0.396 e. The number of hydrogen-bond acceptors (Lipinski definition) is 4. The average Bonchev–Trinajstić information content (AvgIpc) is 2.64. The molecule has 0 atom stereocenters. The van der Waals surface area contributed by atoms with Crippen molar-refractivity contribution in [2.24, 2.45) is 5.16 Å². The van der Waals surface area contributed by atoms with Gasteiger partial charge in [0.05, 0.1) is 18.9 Å². The van der Waals surface area contributed by atoms with Gasteiger partial charge in [-0.25, -0.2) is 0 Å². The van der Waals surface area contributed by atoms with Gasteiger partial charge in [0.2, 0.25) is 0 Å². The molecular formula is C20H28N2O2. The van der Waals surface area contributed by atoms with E-state index in [1.807, 2.05) is 0 Å². The van der Waals surface area contributed by atoms with Gasteiger partial charge >= 0.3 is 0 Å². The van der Waals surface area contributed by atoms with Crippen molar-refractivity contribution in [1.29, 1.82) is 0 Å². The molecule has 130 valence electrons. The summed E-state index contributed by atoms with van der Waals surface area (Å²) in [6.07, 6.45) is 7.87. The van der Waals surface area contributed by atoms with Crippen LogP contribution in [0.4, 0.5) is 0 Å². The summed E-state index contributed by atoms with van der Waals surface area (Å²) in [4.78, 5) is 8.05. The molecule has 1 aromatic rings. The van der Waals surface area contributed by atoms with E-state index in [1.165, 1.54) is 24.0 Å². The highest BCUT2D eigenvalue weighted by Gasteiger charge is 2.14. The molecule has 0 radical (unpaired) electrons. The summed E-state index contributed by atoms with van der Waals surface area (Å²) in [5.41, 5.74) is 3.71. The van der Waals surface area contributed by atoms with Crippen LogP contribution < -0.4 is 0 Å². The van der Waals surface area contributed by atoms with E-state index >= 15 is 0 Å². The first kappa shape index (κ1) is 17.2. The van der Waals surface area contributed by atoms with E-state index in [0.29, 0.717) is 6.61 Å². The lowest BCUT2D eigenvalue weighted by molar-refractivity contribution is 0.0322. The van der Waals surface area contributed by atoms with Crippen LogP contribution in [0.2, 0.25) is 0 Å². The smallest absolute Gasteiger partial charge is 0.118 e. The summed E-state index contributed by atoms with van der Waals surface area (Å²) in [6, 6.07) is 10.5. The molecular weight excluding hydrogens is 300 g/mol. The molecule has 1 aliphatic carbocycles. The Bertz CT molecular complexity index is 548. The van der Waals surface area contributed by atoms with Crippen molar-refractivity contribution >= 4 is 11.8 Å². The minimum absolute atomic E-state index is 0.694. The monoisotopic (exact) mass is 328 g/mol. The molecule has 1 saturated heterocycles. The van der Waals surface area contributed by atoms with Crippen molar-refractivity contribution in [2.45, 2.75) is 32.1 Å². The first-order valence-electron chi connectivity index (χ1n) is 9.17. The van der Waals surface area contributed by atoms with Crippen LogP contribution >= 0.6 is 0 Å². The molecule has 0 amide bonds. The molecule has 4 heteroatoms. The van der Waals surface area contributed by atoms with Gasteiger partial charge in [-0.3, -0.25) is 4.90 Å². The third-order valence-corrected chi connectivity index (χ3v) is 4.61. The molecule has 0 N–H and O–H groups in total. The number of oxime groups is 1. The van der Waals surface area contributed by atoms with E-state index in [9.17, 15) is 0 Å². The lowest BCUT2D eigenvalue weighted by Gasteiger charge is -2.26. The highest BCUT2D eigenvalue weighted by Crippen LogP contribution is 2.23. The Hall–Kier alpha value is -1.65. The number of rotatable bonds is 6. The lowest BCUT2D eigenvalue weighted by atomic mass is 9.91. The molecule has 4 nitrogen and oxygen atoms in total. The number of ether oxygens (including phenoxy) is 1. The number of allylic oxidation sites excluding steroid dienone is 1. The summed E-state index contributed by atoms with van der Waals surface area (Å²) in [7, 11) is 0. The van der Waals surface area contributed by atoms with Crippen LogP contribution in [0.3, 0.4) is 0 Å². The summed E-state index contributed by atoms with van der Waals surface area (Å²) < 4.78 is 5.37. The predicted octanol–water partition coefficient (Wildman–Crippen LogP) is 3.74. The van der Waals surface area contributed by atoms with Crippen molar-refractivity contribution in [1.82, 2.24) is 4.90 Å². The summed E-state index contributed by atoms with van der Waals surface area (Å²) in [5, 5.41) is 4.45. The largest absolute Gasteiger partial charge is 0.396 e. The topological polar surface area (TPSA) is 34.1 Å². The molecule has 1 aromatic carbocycles. The average molecular weight is 328 g/mol. The molecule has 0 spiro atoms. The highest BCUT2D eigenvalue weighted by atomic mass is 16.6. The molecule has 3 rings (SSSR count). The second kappa shape index (κ2) is 9.60. The zero-order valence-electron chi connectivity index (χ0n) is 14.5. The van der Waals surface area contributed by atoms with E-state index in [4.69, 9.17) is 9.57 Å². The molecule has 1 heterocycles. The van der Waals surface area contributed by atoms with Crippen LogP contribution in [0.25, 0.3) is 6.08 Å². The summed E-state index contributed by atoms with van der Waals surface area (Å²) in [5.74, 6) is 0. The molecule has 24 heavy (non-hydrogen) atoms. The van der Waals surface area contributed by atoms with Gasteiger partial charge in [-0.1, -0.05) is 35.5 Å². The molecule has 2 aliphatic rings. The first-order valence-corrected chi connectivity index (χ1v) is 9.17. The highest BCUT2D eigenvalue weighted by molar-refractivity contribution is 6.03. The molecule has 2 fully saturated rings. The van der Waals surface area contributed by atoms with Crippen molar-refractivity contribution in [2.75, 3.05) is 39.5 Å². The van der Waals surface area contributed by atoms with E-state index in [2.05, 4.69) is 46.5 Å². The molecule has 0 aromatic heterocycles. The quantitative estimate of drug-likeness (QED) is 0.589. The summed E-state index contributed by atoms with van der Waals surface area (Å²) in [6.45, 7) is 5.56.